The Bertz CT molecular complexity index is 559. The molecule has 1 N–H and O–H groups in total. The van der Waals surface area contributed by atoms with Crippen LogP contribution in [0.4, 0.5) is 26.3 Å². The first-order chi connectivity index (χ1) is 10.7. The summed E-state index contributed by atoms with van der Waals surface area (Å²) in [6, 6.07) is 0. The van der Waals surface area contributed by atoms with Crippen molar-refractivity contribution in [2.75, 3.05) is 5.75 Å². The molecule has 0 aromatic carbocycles. The third-order valence-electron chi connectivity index (χ3n) is 4.14. The minimum Gasteiger partial charge on any atom is -0.748 e. The van der Waals surface area contributed by atoms with Crippen molar-refractivity contribution in [2.45, 2.75) is 55.7 Å². The molecule has 2 bridgehead atoms. The number of ether oxygens (including phenoxy) is 2. The summed E-state index contributed by atoms with van der Waals surface area (Å²) in [5.41, 5.74) is -5.32. The molecule has 2 saturated heterocycles. The van der Waals surface area contributed by atoms with Crippen LogP contribution in [0.25, 0.3) is 0 Å². The lowest BCUT2D eigenvalue weighted by molar-refractivity contribution is -0.403. The maximum absolute atomic E-state index is 13.0. The van der Waals surface area contributed by atoms with E-state index in [1.807, 2.05) is 0 Å². The Morgan fingerprint density at radius 1 is 1.17 bits per heavy atom. The fourth-order valence-electron chi connectivity index (χ4n) is 3.01. The normalized spacial score (nSPS) is 29.9. The van der Waals surface area contributed by atoms with Crippen molar-refractivity contribution in [1.29, 1.82) is 0 Å². The summed E-state index contributed by atoms with van der Waals surface area (Å²) in [5, 5.41) is 9.73. The van der Waals surface area contributed by atoms with E-state index >= 15 is 0 Å². The Morgan fingerprint density at radius 2 is 1.71 bits per heavy atom. The molecule has 0 spiro atoms. The van der Waals surface area contributed by atoms with Gasteiger partial charge in [-0.3, -0.25) is 0 Å². The molecular weight excluding hydrogens is 374 g/mol. The number of fused-ring (bicyclic) bond motifs is 2. The smallest absolute Gasteiger partial charge is 0.427 e. The first-order valence-electron chi connectivity index (χ1n) is 6.75. The van der Waals surface area contributed by atoms with E-state index < -0.39 is 58.2 Å². The van der Waals surface area contributed by atoms with Crippen LogP contribution < -0.4 is 0 Å². The van der Waals surface area contributed by atoms with Crippen molar-refractivity contribution < 1.29 is 53.9 Å². The third kappa shape index (κ3) is 3.64. The van der Waals surface area contributed by atoms with Crippen molar-refractivity contribution in [2.24, 2.45) is 5.92 Å². The Hall–Kier alpha value is -0.630. The van der Waals surface area contributed by atoms with Crippen molar-refractivity contribution in [1.82, 2.24) is 0 Å². The van der Waals surface area contributed by atoms with Gasteiger partial charge in [-0.05, 0) is 19.3 Å². The molecule has 0 aliphatic carbocycles. The highest BCUT2D eigenvalue weighted by Crippen LogP contribution is 2.49. The summed E-state index contributed by atoms with van der Waals surface area (Å²) in [7, 11) is -5.98. The van der Waals surface area contributed by atoms with E-state index in [4.69, 9.17) is 4.74 Å². The van der Waals surface area contributed by atoms with E-state index in [1.165, 1.54) is 0 Å². The number of alkyl halides is 6. The largest absolute Gasteiger partial charge is 0.748 e. The zero-order valence-corrected chi connectivity index (χ0v) is 12.6. The van der Waals surface area contributed by atoms with Gasteiger partial charge >= 0.3 is 12.4 Å². The Kier molecular flexibility index (Phi) is 4.90. The molecule has 2 fully saturated rings. The fourth-order valence-corrected chi connectivity index (χ4v) is 3.90. The molecular formula is C11H13F6O6S-. The molecule has 3 unspecified atom stereocenters. The molecule has 6 nitrogen and oxygen atoms in total. The average molecular weight is 387 g/mol. The molecule has 13 heteroatoms. The van der Waals surface area contributed by atoms with E-state index in [-0.39, 0.29) is 6.42 Å². The number of hydrogen-bond acceptors (Lipinski definition) is 6. The van der Waals surface area contributed by atoms with Gasteiger partial charge in [-0.2, -0.15) is 26.3 Å². The quantitative estimate of drug-likeness (QED) is 0.434. The van der Waals surface area contributed by atoms with Gasteiger partial charge in [0.2, 0.25) is 0 Å². The highest BCUT2D eigenvalue weighted by atomic mass is 32.2. The highest BCUT2D eigenvalue weighted by molar-refractivity contribution is 7.85. The summed E-state index contributed by atoms with van der Waals surface area (Å²) < 4.78 is 119. The van der Waals surface area contributed by atoms with Crippen molar-refractivity contribution in [3.63, 3.8) is 0 Å². The summed E-state index contributed by atoms with van der Waals surface area (Å²) >= 11 is 0. The highest BCUT2D eigenvalue weighted by Gasteiger charge is 2.74. The topological polar surface area (TPSA) is 95.9 Å². The zero-order chi connectivity index (χ0) is 18.6. The maximum atomic E-state index is 13.0. The SMILES string of the molecule is O=S(=O)([O-])CC(O[C@H](O)C1CC2CCC1O2)(C(F)(F)F)C(F)(F)F. The van der Waals surface area contributed by atoms with Gasteiger partial charge in [-0.1, -0.05) is 0 Å². The summed E-state index contributed by atoms with van der Waals surface area (Å²) in [6.07, 6.45) is -15.5. The van der Waals surface area contributed by atoms with Crippen molar-refractivity contribution >= 4 is 10.1 Å². The second kappa shape index (κ2) is 5.97. The number of halogens is 6. The molecule has 0 radical (unpaired) electrons. The second-order valence-corrected chi connectivity index (χ2v) is 7.21. The first kappa shape index (κ1) is 19.7. The molecule has 2 rings (SSSR count). The molecule has 24 heavy (non-hydrogen) atoms. The lowest BCUT2D eigenvalue weighted by Gasteiger charge is -2.40. The minimum absolute atomic E-state index is 0.0260. The van der Waals surface area contributed by atoms with Crippen LogP contribution in [0.3, 0.4) is 0 Å². The van der Waals surface area contributed by atoms with Gasteiger partial charge in [0, 0.05) is 5.92 Å². The van der Waals surface area contributed by atoms with Crippen LogP contribution in [0.1, 0.15) is 19.3 Å². The van der Waals surface area contributed by atoms with Gasteiger partial charge in [0.25, 0.3) is 5.60 Å². The molecule has 0 saturated carbocycles. The predicted octanol–water partition coefficient (Wildman–Crippen LogP) is 1.30. The van der Waals surface area contributed by atoms with E-state index in [1.54, 1.807) is 0 Å². The minimum atomic E-state index is -6.29. The molecule has 142 valence electrons. The van der Waals surface area contributed by atoms with E-state index in [0.717, 1.165) is 0 Å². The lowest BCUT2D eigenvalue weighted by atomic mass is 9.88. The maximum Gasteiger partial charge on any atom is 0.427 e. The third-order valence-corrected chi connectivity index (χ3v) is 4.90. The predicted molar refractivity (Wildman–Crippen MR) is 62.5 cm³/mol. The van der Waals surface area contributed by atoms with Crippen LogP contribution in [0.15, 0.2) is 0 Å². The average Bonchev–Trinajstić information content (AvgIpc) is 2.95. The molecule has 2 heterocycles. The molecule has 0 amide bonds. The second-order valence-electron chi connectivity index (χ2n) is 5.81. The molecule has 0 aromatic heterocycles. The number of hydrogen-bond donors (Lipinski definition) is 1. The van der Waals surface area contributed by atoms with E-state index in [2.05, 4.69) is 4.74 Å². The fraction of sp³-hybridized carbons (Fsp3) is 1.00. The summed E-state index contributed by atoms with van der Waals surface area (Å²) in [6.45, 7) is 0. The standard InChI is InChI=1S/C11H14F6O6S/c12-10(13,14)9(11(15,16)17,4-24(19,20)21)23-8(18)6-3-5-1-2-7(6)22-5/h5-8,18H,1-4H2,(H,19,20,21)/p-1/t5?,6?,7?,8-/m0/s1. The van der Waals surface area contributed by atoms with Crippen LogP contribution >= 0.6 is 0 Å². The molecule has 2 aliphatic heterocycles. The zero-order valence-electron chi connectivity index (χ0n) is 11.8. The van der Waals surface area contributed by atoms with Gasteiger partial charge < -0.3 is 19.1 Å². The van der Waals surface area contributed by atoms with Gasteiger partial charge in [0.05, 0.1) is 28.1 Å². The lowest BCUT2D eigenvalue weighted by Crippen LogP contribution is -2.64. The van der Waals surface area contributed by atoms with Crippen LogP contribution in [0, 0.1) is 5.92 Å². The first-order valence-corrected chi connectivity index (χ1v) is 8.32. The van der Waals surface area contributed by atoms with Crippen LogP contribution in [0.2, 0.25) is 0 Å². The molecule has 2 aliphatic rings. The summed E-state index contributed by atoms with van der Waals surface area (Å²) in [5.74, 6) is -4.10. The van der Waals surface area contributed by atoms with Crippen LogP contribution in [0.5, 0.6) is 0 Å². The van der Waals surface area contributed by atoms with Crippen LogP contribution in [-0.4, -0.2) is 60.3 Å². The number of rotatable bonds is 5. The Balaban J connectivity index is 2.34. The van der Waals surface area contributed by atoms with Gasteiger partial charge in [0.15, 0.2) is 6.29 Å². The van der Waals surface area contributed by atoms with Gasteiger partial charge in [0.1, 0.15) is 0 Å². The van der Waals surface area contributed by atoms with Crippen molar-refractivity contribution in [3.8, 4) is 0 Å². The Labute approximate surface area is 132 Å². The Morgan fingerprint density at radius 3 is 2.04 bits per heavy atom. The number of aliphatic hydroxyl groups is 1. The van der Waals surface area contributed by atoms with E-state index in [9.17, 15) is 44.4 Å². The van der Waals surface area contributed by atoms with Crippen molar-refractivity contribution in [3.05, 3.63) is 0 Å². The summed E-state index contributed by atoms with van der Waals surface area (Å²) in [4.78, 5) is 0. The van der Waals surface area contributed by atoms with Gasteiger partial charge in [-0.25, -0.2) is 8.42 Å². The van der Waals surface area contributed by atoms with E-state index in [0.29, 0.717) is 12.8 Å². The number of aliphatic hydroxyl groups excluding tert-OH is 1. The van der Waals surface area contributed by atoms with Crippen LogP contribution in [-0.2, 0) is 19.6 Å². The molecule has 4 atom stereocenters. The van der Waals surface area contributed by atoms with Gasteiger partial charge in [-0.15, -0.1) is 0 Å². The monoisotopic (exact) mass is 387 g/mol. The molecule has 0 aromatic rings.